The summed E-state index contributed by atoms with van der Waals surface area (Å²) in [6.45, 7) is 1.12. The molecule has 92 valence electrons. The summed E-state index contributed by atoms with van der Waals surface area (Å²) in [4.78, 5) is 2.47. The van der Waals surface area contributed by atoms with Crippen LogP contribution in [0.2, 0.25) is 0 Å². The molecule has 16 heavy (non-hydrogen) atoms. The van der Waals surface area contributed by atoms with E-state index in [2.05, 4.69) is 10.1 Å². The fourth-order valence-electron chi connectivity index (χ4n) is 3.20. The van der Waals surface area contributed by atoms with E-state index in [1.165, 1.54) is 44.9 Å². The largest absolute Gasteiger partial charge is 0.409 e. The Labute approximate surface area is 97.5 Å². The summed E-state index contributed by atoms with van der Waals surface area (Å²) in [6.07, 6.45) is 10.2. The lowest BCUT2D eigenvalue weighted by molar-refractivity contribution is 0.191. The number of hydrogen-bond donors (Lipinski definition) is 2. The third-order valence-electron chi connectivity index (χ3n) is 4.04. The highest BCUT2D eigenvalue weighted by molar-refractivity contribution is 5.85. The number of amidine groups is 1. The summed E-state index contributed by atoms with van der Waals surface area (Å²) in [5.41, 5.74) is 5.77. The molecule has 2 aliphatic rings. The molecule has 4 heteroatoms. The molecule has 0 radical (unpaired) electrons. The fourth-order valence-corrected chi connectivity index (χ4v) is 3.20. The van der Waals surface area contributed by atoms with Gasteiger partial charge in [0.2, 0.25) is 0 Å². The van der Waals surface area contributed by atoms with Gasteiger partial charge in [0.1, 0.15) is 0 Å². The highest BCUT2D eigenvalue weighted by atomic mass is 16.4. The van der Waals surface area contributed by atoms with Crippen LogP contribution in [0.4, 0.5) is 0 Å². The molecule has 0 spiro atoms. The minimum Gasteiger partial charge on any atom is -0.409 e. The van der Waals surface area contributed by atoms with Crippen LogP contribution in [0.1, 0.15) is 51.4 Å². The first-order valence-electron chi connectivity index (χ1n) is 6.56. The van der Waals surface area contributed by atoms with Gasteiger partial charge in [0.25, 0.3) is 0 Å². The van der Waals surface area contributed by atoms with E-state index in [0.29, 0.717) is 11.9 Å². The van der Waals surface area contributed by atoms with Crippen molar-refractivity contribution in [1.82, 2.24) is 4.90 Å². The van der Waals surface area contributed by atoms with E-state index in [1.807, 2.05) is 0 Å². The first-order chi connectivity index (χ1) is 7.83. The van der Waals surface area contributed by atoms with Gasteiger partial charge in [-0.3, -0.25) is 4.90 Å². The van der Waals surface area contributed by atoms with Crippen molar-refractivity contribution in [3.05, 3.63) is 0 Å². The van der Waals surface area contributed by atoms with E-state index < -0.39 is 0 Å². The van der Waals surface area contributed by atoms with Crippen LogP contribution in [0.15, 0.2) is 5.16 Å². The van der Waals surface area contributed by atoms with Crippen LogP contribution in [-0.4, -0.2) is 34.6 Å². The quantitative estimate of drug-likeness (QED) is 0.248. The van der Waals surface area contributed by atoms with Crippen molar-refractivity contribution in [1.29, 1.82) is 0 Å². The maximum absolute atomic E-state index is 8.80. The molecule has 2 fully saturated rings. The molecule has 1 atom stereocenters. The first kappa shape index (κ1) is 11.7. The lowest BCUT2D eigenvalue weighted by Gasteiger charge is -2.31. The van der Waals surface area contributed by atoms with Crippen LogP contribution in [0.3, 0.4) is 0 Å². The van der Waals surface area contributed by atoms with E-state index in [9.17, 15) is 0 Å². The highest BCUT2D eigenvalue weighted by Gasteiger charge is 2.33. The van der Waals surface area contributed by atoms with E-state index >= 15 is 0 Å². The molecule has 0 bridgehead atoms. The number of oxime groups is 1. The van der Waals surface area contributed by atoms with E-state index in [0.717, 1.165) is 13.0 Å². The summed E-state index contributed by atoms with van der Waals surface area (Å²) in [6, 6.07) is 0.850. The Morgan fingerprint density at radius 3 is 2.38 bits per heavy atom. The van der Waals surface area contributed by atoms with Crippen molar-refractivity contribution >= 4 is 5.84 Å². The van der Waals surface area contributed by atoms with E-state index in [-0.39, 0.29) is 6.04 Å². The Morgan fingerprint density at radius 1 is 1.06 bits per heavy atom. The summed E-state index contributed by atoms with van der Waals surface area (Å²) in [5, 5.41) is 12.0. The molecule has 1 heterocycles. The molecular weight excluding hydrogens is 202 g/mol. The van der Waals surface area contributed by atoms with Gasteiger partial charge in [0.05, 0.1) is 6.04 Å². The zero-order chi connectivity index (χ0) is 11.4. The summed E-state index contributed by atoms with van der Waals surface area (Å²) >= 11 is 0. The van der Waals surface area contributed by atoms with E-state index in [1.54, 1.807) is 0 Å². The number of hydrogen-bond acceptors (Lipinski definition) is 3. The minimum atomic E-state index is 0.188. The molecule has 1 aliphatic carbocycles. The van der Waals surface area contributed by atoms with Crippen molar-refractivity contribution < 1.29 is 5.21 Å². The van der Waals surface area contributed by atoms with Gasteiger partial charge in [-0.2, -0.15) is 0 Å². The SMILES string of the molecule is NC(=NO)C1CCCN1C1CCCCCC1. The second-order valence-corrected chi connectivity index (χ2v) is 5.07. The van der Waals surface area contributed by atoms with Gasteiger partial charge in [-0.15, -0.1) is 0 Å². The van der Waals surface area contributed by atoms with Gasteiger partial charge in [-0.05, 0) is 32.2 Å². The Hall–Kier alpha value is -0.770. The molecule has 0 aromatic heterocycles. The van der Waals surface area contributed by atoms with Crippen LogP contribution in [-0.2, 0) is 0 Å². The third-order valence-corrected chi connectivity index (χ3v) is 4.04. The maximum Gasteiger partial charge on any atom is 0.156 e. The average Bonchev–Trinajstić information content (AvgIpc) is 2.64. The van der Waals surface area contributed by atoms with Gasteiger partial charge < -0.3 is 10.9 Å². The zero-order valence-electron chi connectivity index (χ0n) is 9.94. The Kier molecular flexibility index (Phi) is 4.04. The Bertz CT molecular complexity index is 247. The molecule has 4 nitrogen and oxygen atoms in total. The average molecular weight is 225 g/mol. The lowest BCUT2D eigenvalue weighted by atomic mass is 10.1. The van der Waals surface area contributed by atoms with Crippen molar-refractivity contribution in [2.75, 3.05) is 6.54 Å². The predicted molar refractivity (Wildman–Crippen MR) is 64.6 cm³/mol. The van der Waals surface area contributed by atoms with Crippen molar-refractivity contribution in [2.45, 2.75) is 63.5 Å². The Morgan fingerprint density at radius 2 is 1.75 bits per heavy atom. The van der Waals surface area contributed by atoms with Gasteiger partial charge in [0, 0.05) is 6.04 Å². The Balaban J connectivity index is 2.00. The molecule has 1 aliphatic heterocycles. The second-order valence-electron chi connectivity index (χ2n) is 5.07. The van der Waals surface area contributed by atoms with Gasteiger partial charge in [-0.1, -0.05) is 30.8 Å². The summed E-state index contributed by atoms with van der Waals surface area (Å²) < 4.78 is 0. The second kappa shape index (κ2) is 5.53. The number of nitrogens with two attached hydrogens (primary N) is 1. The standard InChI is InChI=1S/C12H23N3O/c13-12(14-16)11-8-5-9-15(11)10-6-3-1-2-4-7-10/h10-11,16H,1-9H2,(H2,13,14). The van der Waals surface area contributed by atoms with Crippen LogP contribution < -0.4 is 5.73 Å². The van der Waals surface area contributed by atoms with Crippen molar-refractivity contribution in [2.24, 2.45) is 10.9 Å². The van der Waals surface area contributed by atoms with Crippen LogP contribution in [0.25, 0.3) is 0 Å². The molecule has 2 rings (SSSR count). The topological polar surface area (TPSA) is 61.9 Å². The molecule has 1 saturated heterocycles. The van der Waals surface area contributed by atoms with E-state index in [4.69, 9.17) is 10.9 Å². The van der Waals surface area contributed by atoms with Gasteiger partial charge in [0.15, 0.2) is 5.84 Å². The highest BCUT2D eigenvalue weighted by Crippen LogP contribution is 2.28. The van der Waals surface area contributed by atoms with Crippen LogP contribution in [0, 0.1) is 0 Å². The minimum absolute atomic E-state index is 0.188. The zero-order valence-corrected chi connectivity index (χ0v) is 9.94. The van der Waals surface area contributed by atoms with Crippen molar-refractivity contribution in [3.63, 3.8) is 0 Å². The molecular formula is C12H23N3O. The summed E-state index contributed by atoms with van der Waals surface area (Å²) in [5.74, 6) is 0.404. The number of nitrogens with zero attached hydrogens (tertiary/aromatic N) is 2. The number of rotatable bonds is 2. The fraction of sp³-hybridized carbons (Fsp3) is 0.917. The number of likely N-dealkylation sites (tertiary alicyclic amines) is 1. The molecule has 0 aromatic carbocycles. The molecule has 0 aromatic rings. The van der Waals surface area contributed by atoms with Crippen molar-refractivity contribution in [3.8, 4) is 0 Å². The third kappa shape index (κ3) is 2.48. The predicted octanol–water partition coefficient (Wildman–Crippen LogP) is 1.92. The maximum atomic E-state index is 8.80. The molecule has 3 N–H and O–H groups in total. The lowest BCUT2D eigenvalue weighted by Crippen LogP contribution is -2.45. The normalized spacial score (nSPS) is 30.5. The molecule has 0 amide bonds. The smallest absolute Gasteiger partial charge is 0.156 e. The monoisotopic (exact) mass is 225 g/mol. The van der Waals surface area contributed by atoms with Crippen LogP contribution in [0.5, 0.6) is 0 Å². The molecule has 1 saturated carbocycles. The van der Waals surface area contributed by atoms with Gasteiger partial charge >= 0.3 is 0 Å². The first-order valence-corrected chi connectivity index (χ1v) is 6.56. The van der Waals surface area contributed by atoms with Crippen LogP contribution >= 0.6 is 0 Å². The van der Waals surface area contributed by atoms with Gasteiger partial charge in [-0.25, -0.2) is 0 Å². The molecule has 1 unspecified atom stereocenters. The summed E-state index contributed by atoms with van der Waals surface area (Å²) in [7, 11) is 0.